The van der Waals surface area contributed by atoms with Gasteiger partial charge in [-0.2, -0.15) is 0 Å². The zero-order valence-electron chi connectivity index (χ0n) is 10.2. The Bertz CT molecular complexity index is 456. The van der Waals surface area contributed by atoms with Gasteiger partial charge in [-0.05, 0) is 31.0 Å². The third kappa shape index (κ3) is 4.16. The second-order valence-electron chi connectivity index (χ2n) is 4.47. The van der Waals surface area contributed by atoms with Crippen LogP contribution in [0, 0.1) is 0 Å². The minimum absolute atomic E-state index is 0.0258. The van der Waals surface area contributed by atoms with Crippen molar-refractivity contribution in [3.05, 3.63) is 29.8 Å². The van der Waals surface area contributed by atoms with Gasteiger partial charge >= 0.3 is 6.36 Å². The SMILES string of the molecule is CC1SC(Cc2ccc(OC(F)(F)F)cc2)CC1=O. The van der Waals surface area contributed by atoms with Crippen LogP contribution in [0.1, 0.15) is 18.9 Å². The normalized spacial score (nSPS) is 23.7. The fraction of sp³-hybridized carbons (Fsp3) is 0.462. The molecule has 2 nitrogen and oxygen atoms in total. The Hall–Kier alpha value is -1.17. The highest BCUT2D eigenvalue weighted by molar-refractivity contribution is 8.01. The van der Waals surface area contributed by atoms with E-state index in [4.69, 9.17) is 0 Å². The van der Waals surface area contributed by atoms with Crippen LogP contribution in [0.3, 0.4) is 0 Å². The van der Waals surface area contributed by atoms with Crippen molar-refractivity contribution in [3.63, 3.8) is 0 Å². The Morgan fingerprint density at radius 3 is 2.42 bits per heavy atom. The fourth-order valence-corrected chi connectivity index (χ4v) is 3.39. The van der Waals surface area contributed by atoms with E-state index in [2.05, 4.69) is 4.74 Å². The third-order valence-corrected chi connectivity index (χ3v) is 4.29. The molecule has 0 spiro atoms. The summed E-state index contributed by atoms with van der Waals surface area (Å²) in [6, 6.07) is 5.81. The molecule has 1 aliphatic rings. The molecule has 0 saturated carbocycles. The van der Waals surface area contributed by atoms with Crippen LogP contribution < -0.4 is 4.74 Å². The highest BCUT2D eigenvalue weighted by atomic mass is 32.2. The van der Waals surface area contributed by atoms with Crippen molar-refractivity contribution < 1.29 is 22.7 Å². The predicted octanol–water partition coefficient (Wildman–Crippen LogP) is 3.59. The first-order valence-electron chi connectivity index (χ1n) is 5.86. The predicted molar refractivity (Wildman–Crippen MR) is 67.3 cm³/mol. The molecule has 19 heavy (non-hydrogen) atoms. The Labute approximate surface area is 113 Å². The van der Waals surface area contributed by atoms with Gasteiger partial charge in [0.2, 0.25) is 0 Å². The molecule has 0 N–H and O–H groups in total. The molecule has 6 heteroatoms. The minimum atomic E-state index is -4.66. The summed E-state index contributed by atoms with van der Waals surface area (Å²) in [7, 11) is 0. The summed E-state index contributed by atoms with van der Waals surface area (Å²) in [6.07, 6.45) is -3.44. The molecule has 1 aromatic rings. The third-order valence-electron chi connectivity index (χ3n) is 2.90. The van der Waals surface area contributed by atoms with Crippen LogP contribution in [0.5, 0.6) is 5.75 Å². The maximum Gasteiger partial charge on any atom is 0.573 e. The number of ketones is 1. The van der Waals surface area contributed by atoms with Gasteiger partial charge in [-0.15, -0.1) is 24.9 Å². The molecular weight excluding hydrogens is 277 g/mol. The number of carbonyl (C=O) groups is 1. The molecule has 1 aliphatic heterocycles. The van der Waals surface area contributed by atoms with E-state index in [1.165, 1.54) is 12.1 Å². The lowest BCUT2D eigenvalue weighted by molar-refractivity contribution is -0.274. The highest BCUT2D eigenvalue weighted by Crippen LogP contribution is 2.33. The highest BCUT2D eigenvalue weighted by Gasteiger charge is 2.31. The van der Waals surface area contributed by atoms with Gasteiger partial charge in [0.25, 0.3) is 0 Å². The number of Topliss-reactive ketones (excluding diaryl/α,β-unsaturated/α-hetero) is 1. The molecule has 2 atom stereocenters. The van der Waals surface area contributed by atoms with Crippen molar-refractivity contribution in [2.45, 2.75) is 36.6 Å². The van der Waals surface area contributed by atoms with E-state index < -0.39 is 6.36 Å². The van der Waals surface area contributed by atoms with E-state index in [1.54, 1.807) is 23.9 Å². The smallest absolute Gasteiger partial charge is 0.406 e. The molecule has 0 aromatic heterocycles. The Morgan fingerprint density at radius 1 is 1.32 bits per heavy atom. The number of halogens is 3. The van der Waals surface area contributed by atoms with E-state index in [1.807, 2.05) is 6.92 Å². The van der Waals surface area contributed by atoms with Gasteiger partial charge in [-0.25, -0.2) is 0 Å². The zero-order chi connectivity index (χ0) is 14.0. The molecule has 104 valence electrons. The molecule has 1 saturated heterocycles. The lowest BCUT2D eigenvalue weighted by atomic mass is 10.1. The van der Waals surface area contributed by atoms with Crippen LogP contribution in [0.15, 0.2) is 24.3 Å². The quantitative estimate of drug-likeness (QED) is 0.851. The molecule has 2 rings (SSSR count). The lowest BCUT2D eigenvalue weighted by Gasteiger charge is -2.11. The van der Waals surface area contributed by atoms with E-state index >= 15 is 0 Å². The van der Waals surface area contributed by atoms with E-state index in [0.29, 0.717) is 12.8 Å². The second kappa shape index (κ2) is 5.45. The number of ether oxygens (including phenoxy) is 1. The summed E-state index contributed by atoms with van der Waals surface area (Å²) in [4.78, 5) is 11.4. The fourth-order valence-electron chi connectivity index (χ4n) is 2.01. The number of hydrogen-bond donors (Lipinski definition) is 0. The first-order valence-corrected chi connectivity index (χ1v) is 6.80. The van der Waals surface area contributed by atoms with Crippen LogP contribution >= 0.6 is 11.8 Å². The van der Waals surface area contributed by atoms with E-state index in [9.17, 15) is 18.0 Å². The van der Waals surface area contributed by atoms with Crippen molar-refractivity contribution in [1.29, 1.82) is 0 Å². The molecule has 0 radical (unpaired) electrons. The van der Waals surface area contributed by atoms with Gasteiger partial charge in [-0.3, -0.25) is 4.79 Å². The maximum absolute atomic E-state index is 12.0. The summed E-state index contributed by atoms with van der Waals surface area (Å²) in [5.41, 5.74) is 0.911. The maximum atomic E-state index is 12.0. The van der Waals surface area contributed by atoms with Gasteiger partial charge in [0.15, 0.2) is 0 Å². The van der Waals surface area contributed by atoms with Gasteiger partial charge in [0.1, 0.15) is 11.5 Å². The molecule has 2 unspecified atom stereocenters. The Morgan fingerprint density at radius 2 is 1.95 bits per heavy atom. The number of hydrogen-bond acceptors (Lipinski definition) is 3. The van der Waals surface area contributed by atoms with Crippen molar-refractivity contribution in [3.8, 4) is 5.75 Å². The summed E-state index contributed by atoms with van der Waals surface area (Å²) in [5, 5.41) is 0.245. The van der Waals surface area contributed by atoms with Crippen molar-refractivity contribution in [1.82, 2.24) is 0 Å². The summed E-state index contributed by atoms with van der Waals surface area (Å²) in [5.74, 6) is 0.0202. The van der Waals surface area contributed by atoms with Gasteiger partial charge < -0.3 is 4.74 Å². The average Bonchev–Trinajstić information content (AvgIpc) is 2.59. The van der Waals surface area contributed by atoms with E-state index in [0.717, 1.165) is 5.56 Å². The molecule has 0 aliphatic carbocycles. The van der Waals surface area contributed by atoms with Gasteiger partial charge in [0.05, 0.1) is 5.25 Å². The second-order valence-corrected chi connectivity index (χ2v) is 6.11. The first-order chi connectivity index (χ1) is 8.83. The molecule has 1 aromatic carbocycles. The zero-order valence-corrected chi connectivity index (χ0v) is 11.1. The standard InChI is InChI=1S/C13H13F3O2S/c1-8-12(17)7-11(19-8)6-9-2-4-10(5-3-9)18-13(14,15)16/h2-5,8,11H,6-7H2,1H3. The van der Waals surface area contributed by atoms with Crippen LogP contribution in [0.2, 0.25) is 0 Å². The Kier molecular flexibility index (Phi) is 4.08. The monoisotopic (exact) mass is 290 g/mol. The van der Waals surface area contributed by atoms with Gasteiger partial charge in [-0.1, -0.05) is 12.1 Å². The topological polar surface area (TPSA) is 26.3 Å². The number of benzene rings is 1. The van der Waals surface area contributed by atoms with Crippen LogP contribution in [-0.2, 0) is 11.2 Å². The minimum Gasteiger partial charge on any atom is -0.406 e. The molecule has 0 bridgehead atoms. The number of carbonyl (C=O) groups excluding carboxylic acids is 1. The summed E-state index contributed by atoms with van der Waals surface area (Å²) < 4.78 is 39.8. The number of rotatable bonds is 3. The van der Waals surface area contributed by atoms with Crippen LogP contribution in [-0.4, -0.2) is 22.6 Å². The number of thioether (sulfide) groups is 1. The average molecular weight is 290 g/mol. The molecule has 1 fully saturated rings. The largest absolute Gasteiger partial charge is 0.573 e. The summed E-state index contributed by atoms with van der Waals surface area (Å²) >= 11 is 1.62. The number of alkyl halides is 3. The van der Waals surface area contributed by atoms with Gasteiger partial charge in [0, 0.05) is 11.7 Å². The van der Waals surface area contributed by atoms with Crippen LogP contribution in [0.25, 0.3) is 0 Å². The van der Waals surface area contributed by atoms with Crippen molar-refractivity contribution in [2.75, 3.05) is 0 Å². The van der Waals surface area contributed by atoms with E-state index in [-0.39, 0.29) is 22.0 Å². The molecular formula is C13H13F3O2S. The van der Waals surface area contributed by atoms with Crippen molar-refractivity contribution >= 4 is 17.5 Å². The van der Waals surface area contributed by atoms with Crippen molar-refractivity contribution in [2.24, 2.45) is 0 Å². The molecule has 0 amide bonds. The van der Waals surface area contributed by atoms with Crippen LogP contribution in [0.4, 0.5) is 13.2 Å². The summed E-state index contributed by atoms with van der Waals surface area (Å²) in [6.45, 7) is 1.88. The first kappa shape index (κ1) is 14.2. The Balaban J connectivity index is 1.94. The molecule has 1 heterocycles. The lowest BCUT2D eigenvalue weighted by Crippen LogP contribution is -2.17.